The molecular formula is C11H21FO2S. The van der Waals surface area contributed by atoms with Crippen molar-refractivity contribution < 1.29 is 13.9 Å². The summed E-state index contributed by atoms with van der Waals surface area (Å²) in [4.78, 5) is 11.0. The molecule has 90 valence electrons. The molecule has 2 nitrogen and oxygen atoms in total. The second-order valence-corrected chi connectivity index (χ2v) is 5.11. The normalized spacial score (nSPS) is 14.7. The van der Waals surface area contributed by atoms with Crippen LogP contribution < -0.4 is 0 Å². The van der Waals surface area contributed by atoms with E-state index in [4.69, 9.17) is 0 Å². The van der Waals surface area contributed by atoms with E-state index in [9.17, 15) is 9.18 Å². The molecule has 0 saturated heterocycles. The summed E-state index contributed by atoms with van der Waals surface area (Å²) < 4.78 is 17.0. The third-order valence-corrected chi connectivity index (χ3v) is 3.36. The zero-order valence-electron chi connectivity index (χ0n) is 9.79. The third-order valence-electron chi connectivity index (χ3n) is 2.15. The minimum atomic E-state index is -0.688. The number of unbranched alkanes of at least 4 members (excludes halogenated alkanes) is 2. The van der Waals surface area contributed by atoms with Crippen LogP contribution in [0.15, 0.2) is 0 Å². The molecular weight excluding hydrogens is 215 g/mol. The van der Waals surface area contributed by atoms with E-state index in [-0.39, 0.29) is 11.2 Å². The molecule has 0 N–H and O–H groups in total. The van der Waals surface area contributed by atoms with Crippen LogP contribution in [0.5, 0.6) is 0 Å². The molecule has 0 fully saturated rings. The van der Waals surface area contributed by atoms with Gasteiger partial charge in [-0.05, 0) is 32.4 Å². The highest BCUT2D eigenvalue weighted by molar-refractivity contribution is 8.00. The van der Waals surface area contributed by atoms with Crippen molar-refractivity contribution in [2.75, 3.05) is 12.9 Å². The molecule has 0 bridgehead atoms. The molecule has 2 unspecified atom stereocenters. The summed E-state index contributed by atoms with van der Waals surface area (Å²) in [5.41, 5.74) is 0. The largest absolute Gasteiger partial charge is 0.468 e. The van der Waals surface area contributed by atoms with Crippen LogP contribution in [0.25, 0.3) is 0 Å². The molecule has 2 atom stereocenters. The quantitative estimate of drug-likeness (QED) is 0.478. The summed E-state index contributed by atoms with van der Waals surface area (Å²) in [5, 5.41) is -0.0879. The van der Waals surface area contributed by atoms with Crippen molar-refractivity contribution in [2.24, 2.45) is 0 Å². The number of esters is 1. The van der Waals surface area contributed by atoms with Crippen LogP contribution in [-0.2, 0) is 9.53 Å². The highest BCUT2D eigenvalue weighted by Gasteiger charge is 2.12. The SMILES string of the molecule is COC(=O)C(C)SCCCCCC(C)F. The van der Waals surface area contributed by atoms with Crippen molar-refractivity contribution >= 4 is 17.7 Å². The van der Waals surface area contributed by atoms with Crippen LogP contribution in [0.4, 0.5) is 4.39 Å². The van der Waals surface area contributed by atoms with Gasteiger partial charge in [-0.15, -0.1) is 11.8 Å². The lowest BCUT2D eigenvalue weighted by Crippen LogP contribution is -2.15. The zero-order valence-corrected chi connectivity index (χ0v) is 10.6. The van der Waals surface area contributed by atoms with Crippen molar-refractivity contribution in [2.45, 2.75) is 51.0 Å². The topological polar surface area (TPSA) is 26.3 Å². The minimum Gasteiger partial charge on any atom is -0.468 e. The zero-order chi connectivity index (χ0) is 11.7. The first-order chi connectivity index (χ1) is 7.07. The summed E-state index contributed by atoms with van der Waals surface area (Å²) in [6.45, 7) is 3.44. The Morgan fingerprint density at radius 1 is 1.33 bits per heavy atom. The Morgan fingerprint density at radius 3 is 2.53 bits per heavy atom. The van der Waals surface area contributed by atoms with Crippen LogP contribution in [0.1, 0.15) is 39.5 Å². The first kappa shape index (κ1) is 14.8. The number of thioether (sulfide) groups is 1. The van der Waals surface area contributed by atoms with Crippen LogP contribution >= 0.6 is 11.8 Å². The van der Waals surface area contributed by atoms with Crippen LogP contribution in [0, 0.1) is 0 Å². The number of methoxy groups -OCH3 is 1. The number of halogens is 1. The van der Waals surface area contributed by atoms with E-state index >= 15 is 0 Å². The maximum absolute atomic E-state index is 12.4. The van der Waals surface area contributed by atoms with Gasteiger partial charge in [0.25, 0.3) is 0 Å². The fourth-order valence-corrected chi connectivity index (χ4v) is 2.16. The number of ether oxygens (including phenoxy) is 1. The Hall–Kier alpha value is -0.250. The molecule has 0 spiro atoms. The predicted octanol–water partition coefficient (Wildman–Crippen LogP) is 3.20. The van der Waals surface area contributed by atoms with Crippen LogP contribution in [0.2, 0.25) is 0 Å². The predicted molar refractivity (Wildman–Crippen MR) is 63.0 cm³/mol. The van der Waals surface area contributed by atoms with Gasteiger partial charge in [-0.25, -0.2) is 4.39 Å². The minimum absolute atomic E-state index is 0.0879. The molecule has 0 aliphatic heterocycles. The highest BCUT2D eigenvalue weighted by atomic mass is 32.2. The molecule has 0 aromatic carbocycles. The van der Waals surface area contributed by atoms with Crippen LogP contribution in [-0.4, -0.2) is 30.3 Å². The number of carbonyl (C=O) groups excluding carboxylic acids is 1. The summed E-state index contributed by atoms with van der Waals surface area (Å²) in [5.74, 6) is 0.772. The number of alkyl halides is 1. The van der Waals surface area contributed by atoms with E-state index in [1.54, 1.807) is 18.7 Å². The maximum Gasteiger partial charge on any atom is 0.318 e. The van der Waals surface area contributed by atoms with E-state index in [2.05, 4.69) is 4.74 Å². The number of hydrogen-bond donors (Lipinski definition) is 0. The molecule has 0 radical (unpaired) electrons. The smallest absolute Gasteiger partial charge is 0.318 e. The first-order valence-corrected chi connectivity index (χ1v) is 6.46. The second-order valence-electron chi connectivity index (χ2n) is 3.67. The molecule has 15 heavy (non-hydrogen) atoms. The maximum atomic E-state index is 12.4. The van der Waals surface area contributed by atoms with E-state index in [0.29, 0.717) is 6.42 Å². The Labute approximate surface area is 96.0 Å². The van der Waals surface area contributed by atoms with Gasteiger partial charge >= 0.3 is 5.97 Å². The molecule has 0 aliphatic rings. The van der Waals surface area contributed by atoms with Gasteiger partial charge in [0.05, 0.1) is 18.5 Å². The average Bonchev–Trinajstić information content (AvgIpc) is 2.21. The Morgan fingerprint density at radius 2 is 2.00 bits per heavy atom. The Bertz CT molecular complexity index is 174. The molecule has 0 heterocycles. The molecule has 0 saturated carbocycles. The van der Waals surface area contributed by atoms with Crippen molar-refractivity contribution in [1.29, 1.82) is 0 Å². The molecule has 0 aliphatic carbocycles. The lowest BCUT2D eigenvalue weighted by Gasteiger charge is -2.08. The Kier molecular flexibility index (Phi) is 8.86. The van der Waals surface area contributed by atoms with Gasteiger partial charge in [0.1, 0.15) is 0 Å². The standard InChI is InChI=1S/C11H21FO2S/c1-9(12)7-5-4-6-8-15-10(2)11(13)14-3/h9-10H,4-8H2,1-3H3. The highest BCUT2D eigenvalue weighted by Crippen LogP contribution is 2.15. The van der Waals surface area contributed by atoms with Crippen molar-refractivity contribution in [3.8, 4) is 0 Å². The lowest BCUT2D eigenvalue weighted by molar-refractivity contribution is -0.139. The van der Waals surface area contributed by atoms with Gasteiger partial charge in [-0.2, -0.15) is 0 Å². The second kappa shape index (κ2) is 9.01. The summed E-state index contributed by atoms with van der Waals surface area (Å²) in [7, 11) is 1.40. The molecule has 4 heteroatoms. The number of carbonyl (C=O) groups is 1. The van der Waals surface area contributed by atoms with E-state index < -0.39 is 6.17 Å². The third kappa shape index (κ3) is 8.73. The molecule has 0 aromatic rings. The van der Waals surface area contributed by atoms with Gasteiger partial charge in [-0.3, -0.25) is 4.79 Å². The van der Waals surface area contributed by atoms with Gasteiger partial charge in [0.2, 0.25) is 0 Å². The Balaban J connectivity index is 3.27. The summed E-state index contributed by atoms with van der Waals surface area (Å²) in [6, 6.07) is 0. The van der Waals surface area contributed by atoms with Gasteiger partial charge < -0.3 is 4.74 Å². The molecule has 0 aromatic heterocycles. The lowest BCUT2D eigenvalue weighted by atomic mass is 10.1. The van der Waals surface area contributed by atoms with E-state index in [0.717, 1.165) is 25.0 Å². The summed E-state index contributed by atoms with van der Waals surface area (Å²) in [6.07, 6.45) is 2.97. The number of rotatable bonds is 8. The average molecular weight is 236 g/mol. The molecule has 0 rings (SSSR count). The first-order valence-electron chi connectivity index (χ1n) is 5.41. The fraction of sp³-hybridized carbons (Fsp3) is 0.909. The van der Waals surface area contributed by atoms with Crippen molar-refractivity contribution in [1.82, 2.24) is 0 Å². The monoisotopic (exact) mass is 236 g/mol. The van der Waals surface area contributed by atoms with Gasteiger partial charge in [-0.1, -0.05) is 12.8 Å². The van der Waals surface area contributed by atoms with Crippen molar-refractivity contribution in [3.63, 3.8) is 0 Å². The summed E-state index contributed by atoms with van der Waals surface area (Å²) >= 11 is 1.60. The number of hydrogen-bond acceptors (Lipinski definition) is 3. The van der Waals surface area contributed by atoms with E-state index in [1.165, 1.54) is 7.11 Å². The fourth-order valence-electron chi connectivity index (χ4n) is 1.20. The van der Waals surface area contributed by atoms with Crippen molar-refractivity contribution in [3.05, 3.63) is 0 Å². The molecule has 0 amide bonds. The van der Waals surface area contributed by atoms with E-state index in [1.807, 2.05) is 6.92 Å². The van der Waals surface area contributed by atoms with Crippen LogP contribution in [0.3, 0.4) is 0 Å². The van der Waals surface area contributed by atoms with Gasteiger partial charge in [0, 0.05) is 0 Å². The van der Waals surface area contributed by atoms with Gasteiger partial charge in [0.15, 0.2) is 0 Å².